The highest BCUT2D eigenvalue weighted by Gasteiger charge is 2.67. The summed E-state index contributed by atoms with van der Waals surface area (Å²) < 4.78 is 5.72. The van der Waals surface area contributed by atoms with Gasteiger partial charge in [0, 0.05) is 5.56 Å². The van der Waals surface area contributed by atoms with Gasteiger partial charge in [0.2, 0.25) is 11.8 Å². The first-order valence-corrected chi connectivity index (χ1v) is 12.6. The average Bonchev–Trinajstić information content (AvgIpc) is 3.71. The molecule has 5 heteroatoms. The second-order valence-electron chi connectivity index (χ2n) is 10.3. The third-order valence-corrected chi connectivity index (χ3v) is 8.44. The van der Waals surface area contributed by atoms with Crippen molar-refractivity contribution in [3.63, 3.8) is 0 Å². The zero-order valence-electron chi connectivity index (χ0n) is 19.6. The lowest BCUT2D eigenvalue weighted by Crippen LogP contribution is -2.40. The first kappa shape index (κ1) is 21.3. The molecule has 0 N–H and O–H groups in total. The zero-order chi connectivity index (χ0) is 24.4. The van der Waals surface area contributed by atoms with E-state index in [-0.39, 0.29) is 47.9 Å². The third kappa shape index (κ3) is 3.26. The van der Waals surface area contributed by atoms with Crippen molar-refractivity contribution < 1.29 is 19.1 Å². The van der Waals surface area contributed by atoms with Crippen LogP contribution in [0, 0.1) is 35.5 Å². The smallest absolute Gasteiger partial charge is 0.238 e. The molecule has 5 aliphatic rings. The number of ketones is 1. The van der Waals surface area contributed by atoms with Crippen LogP contribution >= 0.6 is 0 Å². The summed E-state index contributed by atoms with van der Waals surface area (Å²) in [5.41, 5.74) is 3.31. The van der Waals surface area contributed by atoms with E-state index in [0.29, 0.717) is 28.8 Å². The Labute approximate surface area is 209 Å². The second-order valence-corrected chi connectivity index (χ2v) is 10.3. The van der Waals surface area contributed by atoms with E-state index in [9.17, 15) is 14.4 Å². The van der Waals surface area contributed by atoms with E-state index in [1.807, 2.05) is 54.6 Å². The van der Waals surface area contributed by atoms with Gasteiger partial charge >= 0.3 is 0 Å². The highest BCUT2D eigenvalue weighted by molar-refractivity contribution is 6.22. The van der Waals surface area contributed by atoms with Crippen molar-refractivity contribution in [2.75, 3.05) is 11.5 Å². The third-order valence-electron chi connectivity index (χ3n) is 8.44. The first-order chi connectivity index (χ1) is 17.6. The fraction of sp³-hybridized carbons (Fsp3) is 0.258. The number of rotatable bonds is 6. The molecule has 2 bridgehead atoms. The highest BCUT2D eigenvalue weighted by atomic mass is 16.5. The minimum Gasteiger partial charge on any atom is -0.485 e. The van der Waals surface area contributed by atoms with Crippen LogP contribution < -0.4 is 9.64 Å². The molecule has 0 radical (unpaired) electrons. The molecule has 36 heavy (non-hydrogen) atoms. The van der Waals surface area contributed by atoms with Crippen LogP contribution in [0.25, 0.3) is 11.1 Å². The van der Waals surface area contributed by atoms with Crippen LogP contribution in [-0.4, -0.2) is 24.2 Å². The van der Waals surface area contributed by atoms with E-state index in [4.69, 9.17) is 4.74 Å². The normalized spacial score (nSPS) is 29.2. The van der Waals surface area contributed by atoms with Crippen LogP contribution in [0.5, 0.6) is 5.75 Å². The molecule has 3 aromatic rings. The van der Waals surface area contributed by atoms with Gasteiger partial charge < -0.3 is 4.74 Å². The molecule has 0 aromatic heterocycles. The SMILES string of the molecule is O=C(COc1ccc(N2C(=O)[C@@H]3[C@H]4C=C[C@@H]([C@@H]5C[C@H]45)[C@@H]3C2=O)cc1)c1ccc(-c2ccccc2)cc1. The van der Waals surface area contributed by atoms with Gasteiger partial charge in [-0.25, -0.2) is 0 Å². The number of allylic oxidation sites excluding steroid dienone is 2. The predicted octanol–water partition coefficient (Wildman–Crippen LogP) is 5.17. The van der Waals surface area contributed by atoms with Gasteiger partial charge in [-0.2, -0.15) is 0 Å². The number of amides is 2. The van der Waals surface area contributed by atoms with Gasteiger partial charge in [-0.15, -0.1) is 0 Å². The van der Waals surface area contributed by atoms with Crippen LogP contribution in [0.2, 0.25) is 0 Å². The Morgan fingerprint density at radius 1 is 0.750 bits per heavy atom. The fourth-order valence-electron chi connectivity index (χ4n) is 6.61. The molecule has 3 fully saturated rings. The van der Waals surface area contributed by atoms with E-state index in [2.05, 4.69) is 12.2 Å². The summed E-state index contributed by atoms with van der Waals surface area (Å²) >= 11 is 0. The average molecular weight is 476 g/mol. The molecule has 0 unspecified atom stereocenters. The number of benzene rings is 3. The Hall–Kier alpha value is -3.99. The standard InChI is InChI=1S/C31H25NO4/c33-27(20-8-6-19(7-9-20)18-4-2-1-3-5-18)17-36-22-12-10-21(11-13-22)32-30(34)28-23-14-15-24(26-16-25(23)26)29(28)31(32)35/h1-15,23-26,28-29H,16-17H2/t23-,24-,25-,26+,28-,29+/m0/s1. The number of ether oxygens (including phenoxy) is 1. The summed E-state index contributed by atoms with van der Waals surface area (Å²) in [6, 6.07) is 24.4. The van der Waals surface area contributed by atoms with Gasteiger partial charge in [0.25, 0.3) is 0 Å². The Balaban J connectivity index is 1.01. The van der Waals surface area contributed by atoms with Crippen LogP contribution in [0.4, 0.5) is 5.69 Å². The number of Topliss-reactive ketones (excluding diaryl/α,β-unsaturated/α-hetero) is 1. The Morgan fingerprint density at radius 3 is 1.94 bits per heavy atom. The molecule has 178 valence electrons. The number of anilines is 1. The molecule has 2 saturated carbocycles. The molecule has 1 saturated heterocycles. The highest BCUT2D eigenvalue weighted by Crippen LogP contribution is 2.65. The number of carbonyl (C=O) groups excluding carboxylic acids is 3. The molecule has 2 amide bonds. The largest absolute Gasteiger partial charge is 0.485 e. The lowest BCUT2D eigenvalue weighted by molar-refractivity contribution is -0.124. The second kappa shape index (κ2) is 8.02. The van der Waals surface area contributed by atoms with E-state index in [0.717, 1.165) is 17.5 Å². The molecule has 8 rings (SSSR count). The molecule has 6 atom stereocenters. The number of hydrogen-bond acceptors (Lipinski definition) is 4. The Morgan fingerprint density at radius 2 is 1.33 bits per heavy atom. The van der Waals surface area contributed by atoms with Crippen molar-refractivity contribution in [3.8, 4) is 16.9 Å². The van der Waals surface area contributed by atoms with Crippen molar-refractivity contribution in [2.24, 2.45) is 35.5 Å². The number of imide groups is 1. The van der Waals surface area contributed by atoms with Crippen LogP contribution in [0.3, 0.4) is 0 Å². The minimum absolute atomic E-state index is 0.0718. The quantitative estimate of drug-likeness (QED) is 0.280. The van der Waals surface area contributed by atoms with E-state index >= 15 is 0 Å². The van der Waals surface area contributed by atoms with Crippen LogP contribution in [0.15, 0.2) is 91.0 Å². The molecule has 1 heterocycles. The number of nitrogens with zero attached hydrogens (tertiary/aromatic N) is 1. The molecular formula is C31H25NO4. The van der Waals surface area contributed by atoms with Gasteiger partial charge in [0.1, 0.15) is 5.75 Å². The van der Waals surface area contributed by atoms with E-state index in [1.165, 1.54) is 4.90 Å². The molecule has 0 spiro atoms. The fourth-order valence-corrected chi connectivity index (χ4v) is 6.61. The summed E-state index contributed by atoms with van der Waals surface area (Å²) in [4.78, 5) is 40.6. The summed E-state index contributed by atoms with van der Waals surface area (Å²) in [7, 11) is 0. The topological polar surface area (TPSA) is 63.7 Å². The summed E-state index contributed by atoms with van der Waals surface area (Å²) in [5.74, 6) is 1.43. The molecular weight excluding hydrogens is 450 g/mol. The van der Waals surface area contributed by atoms with E-state index < -0.39 is 0 Å². The number of hydrogen-bond donors (Lipinski definition) is 0. The van der Waals surface area contributed by atoms with Crippen LogP contribution in [0.1, 0.15) is 16.8 Å². The maximum Gasteiger partial charge on any atom is 0.238 e. The summed E-state index contributed by atoms with van der Waals surface area (Å²) in [6.45, 7) is -0.0897. The van der Waals surface area contributed by atoms with Crippen molar-refractivity contribution in [1.29, 1.82) is 0 Å². The summed E-state index contributed by atoms with van der Waals surface area (Å²) in [5, 5.41) is 0. The van der Waals surface area contributed by atoms with Gasteiger partial charge in [-0.05, 0) is 65.5 Å². The first-order valence-electron chi connectivity index (χ1n) is 12.6. The van der Waals surface area contributed by atoms with E-state index in [1.54, 1.807) is 24.3 Å². The van der Waals surface area contributed by atoms with Gasteiger partial charge in [0.05, 0.1) is 17.5 Å². The van der Waals surface area contributed by atoms with Gasteiger partial charge in [0.15, 0.2) is 12.4 Å². The Bertz CT molecular complexity index is 1360. The predicted molar refractivity (Wildman–Crippen MR) is 135 cm³/mol. The zero-order valence-corrected chi connectivity index (χ0v) is 19.6. The van der Waals surface area contributed by atoms with Gasteiger partial charge in [-0.1, -0.05) is 66.7 Å². The van der Waals surface area contributed by atoms with Gasteiger partial charge in [-0.3, -0.25) is 19.3 Å². The molecule has 4 aliphatic carbocycles. The Kier molecular flexibility index (Phi) is 4.75. The molecule has 1 aliphatic heterocycles. The maximum atomic E-state index is 13.3. The summed E-state index contributed by atoms with van der Waals surface area (Å²) in [6.07, 6.45) is 5.51. The van der Waals surface area contributed by atoms with Crippen molar-refractivity contribution in [2.45, 2.75) is 6.42 Å². The molecule has 3 aromatic carbocycles. The van der Waals surface area contributed by atoms with Crippen molar-refractivity contribution >= 4 is 23.3 Å². The van der Waals surface area contributed by atoms with Crippen molar-refractivity contribution in [3.05, 3.63) is 96.6 Å². The lowest BCUT2D eigenvalue weighted by atomic mass is 9.63. The molecule has 5 nitrogen and oxygen atoms in total. The number of carbonyl (C=O) groups is 3. The maximum absolute atomic E-state index is 13.3. The monoisotopic (exact) mass is 475 g/mol. The van der Waals surface area contributed by atoms with Crippen molar-refractivity contribution in [1.82, 2.24) is 0 Å². The van der Waals surface area contributed by atoms with Crippen LogP contribution in [-0.2, 0) is 9.59 Å². The minimum atomic E-state index is -0.210. The lowest BCUT2D eigenvalue weighted by Gasteiger charge is -2.37.